The predicted molar refractivity (Wildman–Crippen MR) is 126 cm³/mol. The number of ether oxygens (including phenoxy) is 2. The summed E-state index contributed by atoms with van der Waals surface area (Å²) in [5.74, 6) is -1.79. The molecule has 4 N–H and O–H groups in total. The Kier molecular flexibility index (Phi) is 7.96. The number of carbonyl (C=O) groups is 2. The van der Waals surface area contributed by atoms with E-state index in [2.05, 4.69) is 22.1 Å². The molecule has 0 fully saturated rings. The van der Waals surface area contributed by atoms with E-state index in [1.54, 1.807) is 26.0 Å². The monoisotopic (exact) mass is 468 g/mol. The van der Waals surface area contributed by atoms with E-state index < -0.39 is 24.1 Å². The van der Waals surface area contributed by atoms with Crippen LogP contribution in [-0.4, -0.2) is 45.3 Å². The molecular formula is C26H32N2O6. The van der Waals surface area contributed by atoms with Crippen LogP contribution in [0.1, 0.15) is 77.0 Å². The van der Waals surface area contributed by atoms with Gasteiger partial charge in [0.15, 0.2) is 12.2 Å². The van der Waals surface area contributed by atoms with E-state index in [9.17, 15) is 19.8 Å². The van der Waals surface area contributed by atoms with Crippen molar-refractivity contribution in [3.8, 4) is 0 Å². The van der Waals surface area contributed by atoms with E-state index in [0.717, 1.165) is 33.6 Å². The molecule has 1 aromatic carbocycles. The zero-order valence-electron chi connectivity index (χ0n) is 20.1. The van der Waals surface area contributed by atoms with E-state index >= 15 is 0 Å². The number of H-pyrrole nitrogens is 2. The molecule has 2 aromatic heterocycles. The lowest BCUT2D eigenvalue weighted by atomic mass is 9.85. The summed E-state index contributed by atoms with van der Waals surface area (Å²) in [5, 5.41) is 20.8. The van der Waals surface area contributed by atoms with Crippen LogP contribution in [0.5, 0.6) is 0 Å². The molecule has 3 aromatic rings. The normalized spacial score (nSPS) is 13.9. The Hall–Kier alpha value is -3.36. The Bertz CT molecular complexity index is 1080. The molecule has 182 valence electrons. The smallest absolute Gasteiger partial charge is 0.341 e. The first-order chi connectivity index (χ1) is 16.2. The molecule has 8 nitrogen and oxygen atoms in total. The van der Waals surface area contributed by atoms with Crippen molar-refractivity contribution in [1.82, 2.24) is 9.97 Å². The number of aryl methyl sites for hydroxylation is 3. The second-order valence-corrected chi connectivity index (χ2v) is 8.29. The van der Waals surface area contributed by atoms with Crippen LogP contribution in [0.4, 0.5) is 0 Å². The van der Waals surface area contributed by atoms with Crippen LogP contribution in [0.25, 0.3) is 0 Å². The summed E-state index contributed by atoms with van der Waals surface area (Å²) in [6, 6.07) is 11.1. The lowest BCUT2D eigenvalue weighted by molar-refractivity contribution is -0.154. The molecule has 0 amide bonds. The van der Waals surface area contributed by atoms with Gasteiger partial charge in [-0.25, -0.2) is 9.59 Å². The van der Waals surface area contributed by atoms with E-state index in [1.165, 1.54) is 0 Å². The van der Waals surface area contributed by atoms with E-state index in [4.69, 9.17) is 9.47 Å². The number of hydrogen-bond donors (Lipinski definition) is 4. The van der Waals surface area contributed by atoms with Gasteiger partial charge in [-0.2, -0.15) is 0 Å². The Morgan fingerprint density at radius 1 is 0.765 bits per heavy atom. The Morgan fingerprint density at radius 2 is 1.15 bits per heavy atom. The summed E-state index contributed by atoms with van der Waals surface area (Å²) in [7, 11) is 0. The van der Waals surface area contributed by atoms with Crippen molar-refractivity contribution in [3.05, 3.63) is 81.4 Å². The molecule has 2 atom stereocenters. The standard InChI is InChI=1S/C26H32N2O6/c1-6-33-25(31)23(29)19-10-8-17(27-19)22(21-15(4)12-14(3)13-16(21)5)18-9-11-20(28-18)24(30)26(32)34-7-2/h8-13,22-24,27-30H,6-7H2,1-5H3. The van der Waals surface area contributed by atoms with Crippen LogP contribution in [0, 0.1) is 20.8 Å². The molecule has 2 unspecified atom stereocenters. The minimum absolute atomic E-state index is 0.169. The topological polar surface area (TPSA) is 125 Å². The Morgan fingerprint density at radius 3 is 1.53 bits per heavy atom. The largest absolute Gasteiger partial charge is 0.464 e. The number of aliphatic hydroxyl groups excluding tert-OH is 2. The highest BCUT2D eigenvalue weighted by atomic mass is 16.5. The van der Waals surface area contributed by atoms with Gasteiger partial charge in [0, 0.05) is 11.4 Å². The van der Waals surface area contributed by atoms with Gasteiger partial charge in [-0.3, -0.25) is 0 Å². The quantitative estimate of drug-likeness (QED) is 0.356. The third kappa shape index (κ3) is 5.24. The Balaban J connectivity index is 2.08. The fraction of sp³-hybridized carbons (Fsp3) is 0.385. The molecule has 0 saturated heterocycles. The highest BCUT2D eigenvalue weighted by Crippen LogP contribution is 2.36. The van der Waals surface area contributed by atoms with Crippen LogP contribution in [0.15, 0.2) is 36.4 Å². The van der Waals surface area contributed by atoms with Gasteiger partial charge in [0.05, 0.1) is 30.5 Å². The second kappa shape index (κ2) is 10.7. The summed E-state index contributed by atoms with van der Waals surface area (Å²) in [4.78, 5) is 30.4. The minimum atomic E-state index is -1.43. The van der Waals surface area contributed by atoms with Crippen molar-refractivity contribution >= 4 is 11.9 Å². The maximum atomic E-state index is 12.0. The van der Waals surface area contributed by atoms with Gasteiger partial charge in [-0.05, 0) is 75.6 Å². The Labute approximate surface area is 198 Å². The zero-order chi connectivity index (χ0) is 25.0. The number of nitrogens with one attached hydrogen (secondary N) is 2. The van der Waals surface area contributed by atoms with Crippen LogP contribution >= 0.6 is 0 Å². The number of benzene rings is 1. The molecular weight excluding hydrogens is 436 g/mol. The van der Waals surface area contributed by atoms with Crippen LogP contribution in [0.3, 0.4) is 0 Å². The minimum Gasteiger partial charge on any atom is -0.464 e. The molecule has 0 aliphatic rings. The highest BCUT2D eigenvalue weighted by molar-refractivity contribution is 5.76. The lowest BCUT2D eigenvalue weighted by Gasteiger charge is -2.21. The average molecular weight is 469 g/mol. The number of esters is 2. The number of aromatic amines is 2. The molecule has 8 heteroatoms. The molecule has 0 saturated carbocycles. The number of rotatable bonds is 9. The van der Waals surface area contributed by atoms with Gasteiger partial charge in [-0.15, -0.1) is 0 Å². The SMILES string of the molecule is CCOC(=O)C(O)c1ccc(C(c2ccc(C(O)C(=O)OCC)[nH]2)c2c(C)cc(C)cc2C)[nH]1. The molecule has 3 rings (SSSR count). The van der Waals surface area contributed by atoms with Gasteiger partial charge in [0.2, 0.25) is 0 Å². The highest BCUT2D eigenvalue weighted by Gasteiger charge is 2.28. The lowest BCUT2D eigenvalue weighted by Crippen LogP contribution is -2.17. The first-order valence-electron chi connectivity index (χ1n) is 11.3. The maximum absolute atomic E-state index is 12.0. The molecule has 0 spiro atoms. The number of carbonyl (C=O) groups excluding carboxylic acids is 2. The van der Waals surface area contributed by atoms with Crippen molar-refractivity contribution in [2.24, 2.45) is 0 Å². The summed E-state index contributed by atoms with van der Waals surface area (Å²) in [6.45, 7) is 9.77. The fourth-order valence-corrected chi connectivity index (χ4v) is 4.34. The zero-order valence-corrected chi connectivity index (χ0v) is 20.1. The summed E-state index contributed by atoms with van der Waals surface area (Å²) in [5.41, 5.74) is 6.38. The van der Waals surface area contributed by atoms with E-state index in [0.29, 0.717) is 11.4 Å². The maximum Gasteiger partial charge on any atom is 0.341 e. The van der Waals surface area contributed by atoms with Crippen molar-refractivity contribution in [1.29, 1.82) is 0 Å². The summed E-state index contributed by atoms with van der Waals surface area (Å²) < 4.78 is 9.87. The van der Waals surface area contributed by atoms with E-state index in [1.807, 2.05) is 32.9 Å². The number of aliphatic hydroxyl groups is 2. The number of hydrogen-bond acceptors (Lipinski definition) is 6. The van der Waals surface area contributed by atoms with Crippen molar-refractivity contribution < 1.29 is 29.3 Å². The van der Waals surface area contributed by atoms with E-state index in [-0.39, 0.29) is 19.1 Å². The van der Waals surface area contributed by atoms with Gasteiger partial charge in [0.25, 0.3) is 0 Å². The van der Waals surface area contributed by atoms with Crippen LogP contribution in [0.2, 0.25) is 0 Å². The third-order valence-electron chi connectivity index (χ3n) is 5.72. The van der Waals surface area contributed by atoms with Crippen molar-refractivity contribution in [2.75, 3.05) is 13.2 Å². The molecule has 2 heterocycles. The molecule has 0 aliphatic heterocycles. The summed E-state index contributed by atoms with van der Waals surface area (Å²) in [6.07, 6.45) is -2.86. The van der Waals surface area contributed by atoms with Gasteiger partial charge in [0.1, 0.15) is 0 Å². The molecule has 34 heavy (non-hydrogen) atoms. The molecule has 0 aliphatic carbocycles. The predicted octanol–water partition coefficient (Wildman–Crippen LogP) is 3.64. The fourth-order valence-electron chi connectivity index (χ4n) is 4.34. The average Bonchev–Trinajstić information content (AvgIpc) is 3.45. The second-order valence-electron chi connectivity index (χ2n) is 8.29. The van der Waals surface area contributed by atoms with Crippen molar-refractivity contribution in [2.45, 2.75) is 52.7 Å². The number of aromatic nitrogens is 2. The third-order valence-corrected chi connectivity index (χ3v) is 5.72. The van der Waals surface area contributed by atoms with Crippen LogP contribution in [-0.2, 0) is 19.1 Å². The van der Waals surface area contributed by atoms with Gasteiger partial charge in [-0.1, -0.05) is 17.7 Å². The molecule has 0 bridgehead atoms. The summed E-state index contributed by atoms with van der Waals surface area (Å²) >= 11 is 0. The van der Waals surface area contributed by atoms with Crippen LogP contribution < -0.4 is 0 Å². The molecule has 0 radical (unpaired) electrons. The van der Waals surface area contributed by atoms with Gasteiger partial charge < -0.3 is 29.7 Å². The first-order valence-corrected chi connectivity index (χ1v) is 11.3. The van der Waals surface area contributed by atoms with Crippen molar-refractivity contribution in [3.63, 3.8) is 0 Å². The van der Waals surface area contributed by atoms with Gasteiger partial charge >= 0.3 is 11.9 Å². The first kappa shape index (κ1) is 25.3.